The van der Waals surface area contributed by atoms with E-state index in [1.54, 1.807) is 127 Å². The number of carbonyl (C=O) groups is 5. The third-order valence-corrected chi connectivity index (χ3v) is 26.0. The maximum absolute atomic E-state index is 14.1. The average Bonchev–Trinajstić information content (AvgIpc) is 1.64. The number of thiazole rings is 1. The number of rotatable bonds is 35. The molecule has 8 aromatic carbocycles. The number of hydrogen-bond acceptors (Lipinski definition) is 18. The Hall–Kier alpha value is -11.3. The van der Waals surface area contributed by atoms with Crippen molar-refractivity contribution < 1.29 is 52.0 Å². The summed E-state index contributed by atoms with van der Waals surface area (Å²) in [6.45, 7) is 25.4. The minimum Gasteiger partial charge on any atom is -0.361 e. The van der Waals surface area contributed by atoms with Gasteiger partial charge in [0.25, 0.3) is 0 Å². The van der Waals surface area contributed by atoms with Crippen LogP contribution in [-0.2, 0) is 113 Å². The summed E-state index contributed by atoms with van der Waals surface area (Å²) in [5.41, 5.74) is 12.7. The Morgan fingerprint density at radius 2 is 0.628 bits per heavy atom. The molecule has 22 nitrogen and oxygen atoms in total. The molecule has 16 rings (SSSR count). The zero-order chi connectivity index (χ0) is 98.5. The predicted molar refractivity (Wildman–Crippen MR) is 540 cm³/mol. The Balaban J connectivity index is 0.000000154. The lowest BCUT2D eigenvalue weighted by molar-refractivity contribution is -0.140. The summed E-state index contributed by atoms with van der Waals surface area (Å²) in [6.07, 6.45) is 6.86. The van der Waals surface area contributed by atoms with Crippen LogP contribution in [0.4, 0.5) is 4.39 Å². The maximum atomic E-state index is 14.1. The molecule has 31 heteroatoms. The number of ketones is 5. The van der Waals surface area contributed by atoms with E-state index >= 15 is 0 Å². The molecule has 0 aliphatic heterocycles. The third kappa shape index (κ3) is 29.4. The average molecular weight is 2010 g/mol. The number of ether oxygens (including phenoxy) is 5. The second-order valence-electron chi connectivity index (χ2n) is 34.7. The number of Topliss-reactive ketones (excluding diaryl/α,β-unsaturated/α-hetero) is 5. The van der Waals surface area contributed by atoms with Crippen molar-refractivity contribution in [3.05, 3.63) is 358 Å². The Kier molecular flexibility index (Phi) is 36.2. The lowest BCUT2D eigenvalue weighted by Gasteiger charge is -2.21. The van der Waals surface area contributed by atoms with Crippen LogP contribution in [-0.4, -0.2) is 116 Å². The topological polar surface area (TPSA) is 246 Å². The van der Waals surface area contributed by atoms with Gasteiger partial charge in [0, 0.05) is 64.7 Å². The van der Waals surface area contributed by atoms with Gasteiger partial charge in [0.1, 0.15) is 38.8 Å². The molecule has 0 spiro atoms. The molecule has 0 N–H and O–H groups in total. The third-order valence-electron chi connectivity index (χ3n) is 23.1. The maximum Gasteiger partial charge on any atom is 0.161 e. The minimum atomic E-state index is -0.893. The fraction of sp³-hybridized carbons (Fsp3) is 0.283. The lowest BCUT2D eigenvalue weighted by Crippen LogP contribution is -2.32. The Labute approximate surface area is 836 Å². The monoisotopic (exact) mass is 2000 g/mol. The van der Waals surface area contributed by atoms with Gasteiger partial charge in [0.15, 0.2) is 28.9 Å². The molecule has 7 heterocycles. The second-order valence-corrected chi connectivity index (χ2v) is 38.6. The normalized spacial score (nSPS) is 12.3. The number of nitrogens with zero attached hydrogens (tertiary/aromatic N) is 12. The second kappa shape index (κ2) is 47.4. The van der Waals surface area contributed by atoms with Crippen LogP contribution in [0.5, 0.6) is 0 Å². The molecule has 15 aromatic rings. The molecular weight excluding hydrogens is 1900 g/mol. The molecule has 1 fully saturated rings. The molecule has 7 aromatic heterocycles. The van der Waals surface area contributed by atoms with Crippen molar-refractivity contribution in [2.45, 2.75) is 197 Å². The molecule has 0 bridgehead atoms. The van der Waals surface area contributed by atoms with Crippen molar-refractivity contribution >= 4 is 121 Å². The smallest absolute Gasteiger partial charge is 0.161 e. The van der Waals surface area contributed by atoms with Gasteiger partial charge >= 0.3 is 0 Å². The van der Waals surface area contributed by atoms with Gasteiger partial charge in [-0.05, 0) is 263 Å². The van der Waals surface area contributed by atoms with E-state index in [1.807, 2.05) is 224 Å². The minimum absolute atomic E-state index is 0.0170. The van der Waals surface area contributed by atoms with Crippen molar-refractivity contribution in [3.8, 4) is 55.7 Å². The van der Waals surface area contributed by atoms with E-state index in [2.05, 4.69) is 20.2 Å². The van der Waals surface area contributed by atoms with Crippen molar-refractivity contribution in [2.24, 2.45) is 0 Å². The van der Waals surface area contributed by atoms with Crippen molar-refractivity contribution in [3.63, 3.8) is 0 Å². The predicted octanol–water partition coefficient (Wildman–Crippen LogP) is 25.7. The molecule has 1 saturated carbocycles. The summed E-state index contributed by atoms with van der Waals surface area (Å²) >= 11 is 44.6. The molecule has 0 saturated heterocycles. The summed E-state index contributed by atoms with van der Waals surface area (Å²) in [6, 6.07) is 73.7. The van der Waals surface area contributed by atoms with Gasteiger partial charge < -0.3 is 23.7 Å². The first-order valence-corrected chi connectivity index (χ1v) is 47.6. The summed E-state index contributed by atoms with van der Waals surface area (Å²) in [5.74, 6) is -0.321. The van der Waals surface area contributed by atoms with Crippen molar-refractivity contribution in [1.82, 2.24) is 58.9 Å². The molecule has 712 valence electrons. The van der Waals surface area contributed by atoms with Crippen molar-refractivity contribution in [2.75, 3.05) is 0 Å². The van der Waals surface area contributed by atoms with Crippen LogP contribution >= 0.6 is 92.5 Å². The number of carbonyl (C=O) groups excluding carboxylic acids is 5. The van der Waals surface area contributed by atoms with Crippen LogP contribution in [0.25, 0.3) is 55.7 Å². The Morgan fingerprint density at radius 3 is 0.912 bits per heavy atom. The molecule has 0 radical (unpaired) electrons. The molecule has 1 aliphatic carbocycles. The zero-order valence-corrected chi connectivity index (χ0v) is 84.3. The first-order chi connectivity index (χ1) is 65.2. The van der Waals surface area contributed by atoms with Crippen molar-refractivity contribution in [1.29, 1.82) is 0 Å². The molecule has 0 amide bonds. The number of benzene rings is 8. The highest BCUT2D eigenvalue weighted by molar-refractivity contribution is 7.13. The Morgan fingerprint density at radius 1 is 0.350 bits per heavy atom. The number of halogens is 8. The molecule has 0 atom stereocenters. The van der Waals surface area contributed by atoms with Crippen LogP contribution in [0.15, 0.2) is 261 Å². The number of aromatic nitrogens is 12. The first kappa shape index (κ1) is 105. The van der Waals surface area contributed by atoms with E-state index in [9.17, 15) is 28.4 Å². The standard InChI is InChI=1S/C22H20Cl2N2O2.C22H22Cl2N2O2.C22H22ClFN2O2.C21H22ClN3O2.C19H20ClN3O2S/c1-15(27)22(10-11-22)28-14-19-12-21(16-6-8-18(23)9-7-16)26(25-19)13-17-4-2-3-5-20(17)24;2*1-15(27)22(2,3)28-14-19-12-21(16-8-10-18(23)11-9-16)26(25-19)13-17-6-4-5-7-20(17)24;1-15(26)21(2,3)27-14-19-12-20(17-4-6-18(22)7-5-17)25(24-19)13-16-8-10-23-11-9-16;1-13(24)19(2,3)25-12-15-10-17(18-21-8-9-26-18)23(22-15)11-14-6-4-5-7-16(14)20/h2-9,12H,10-11,13-14H2,1H3;2*4-12H,13-14H2,1-3H3;4-12H,13-14H2,1-3H3;4-10H,11-12H2,1-3H3. The van der Waals surface area contributed by atoms with Gasteiger partial charge in [-0.3, -0.25) is 52.4 Å². The zero-order valence-electron chi connectivity index (χ0n) is 78.2. The van der Waals surface area contributed by atoms with Gasteiger partial charge in [-0.1, -0.05) is 203 Å². The summed E-state index contributed by atoms with van der Waals surface area (Å²) < 4.78 is 52.5. The summed E-state index contributed by atoms with van der Waals surface area (Å²) in [4.78, 5) is 67.0. The van der Waals surface area contributed by atoms with Gasteiger partial charge in [-0.25, -0.2) is 9.37 Å². The highest BCUT2D eigenvalue weighted by Crippen LogP contribution is 2.42. The quantitative estimate of drug-likeness (QED) is 0.0358. The van der Waals surface area contributed by atoms with Gasteiger partial charge in [-0.2, -0.15) is 25.5 Å². The van der Waals surface area contributed by atoms with E-state index in [0.717, 1.165) is 114 Å². The van der Waals surface area contributed by atoms with E-state index in [4.69, 9.17) is 120 Å². The van der Waals surface area contributed by atoms with Crippen LogP contribution in [0, 0.1) is 5.82 Å². The fourth-order valence-electron chi connectivity index (χ4n) is 13.4. The van der Waals surface area contributed by atoms with Crippen LogP contribution in [0.1, 0.15) is 159 Å². The van der Waals surface area contributed by atoms with E-state index in [1.165, 1.54) is 33.8 Å². The number of hydrogen-bond donors (Lipinski definition) is 0. The molecule has 0 unspecified atom stereocenters. The fourth-order valence-corrected chi connectivity index (χ4v) is 15.1. The molecular formula is C106H106Cl7FN12O10S. The molecule has 1 aliphatic rings. The summed E-state index contributed by atoms with van der Waals surface area (Å²) in [5, 5.41) is 30.9. The van der Waals surface area contributed by atoms with Gasteiger partial charge in [0.05, 0.1) is 123 Å². The van der Waals surface area contributed by atoms with Crippen LogP contribution < -0.4 is 0 Å². The number of pyridine rings is 1. The van der Waals surface area contributed by atoms with Crippen LogP contribution in [0.2, 0.25) is 35.2 Å². The summed E-state index contributed by atoms with van der Waals surface area (Å²) in [7, 11) is 0. The lowest BCUT2D eigenvalue weighted by atomic mass is 10.1. The SMILES string of the molecule is CC(=O)C(C)(C)OCc1cc(-c2ccc(Cl)cc2)n(Cc2ccccc2Cl)n1.CC(=O)C(C)(C)OCc1cc(-c2ccc(Cl)cc2)n(Cc2ccccc2F)n1.CC(=O)C(C)(C)OCc1cc(-c2ccc(Cl)cc2)n(Cc2ccncc2)n1.CC(=O)C(C)(C)OCc1cc(-c2nccs2)n(Cc2ccccc2Cl)n1.CC(=O)C1(OCc2cc(-c3ccc(Cl)cc3)n(Cc3ccccc3Cl)n2)CC1. The molecule has 137 heavy (non-hydrogen) atoms. The highest BCUT2D eigenvalue weighted by atomic mass is 35.5. The van der Waals surface area contributed by atoms with E-state index < -0.39 is 28.0 Å². The van der Waals surface area contributed by atoms with Gasteiger partial charge in [-0.15, -0.1) is 11.3 Å². The Bertz CT molecular complexity index is 6270. The van der Waals surface area contributed by atoms with E-state index in [0.29, 0.717) is 79.2 Å². The van der Waals surface area contributed by atoms with Gasteiger partial charge in [0.2, 0.25) is 0 Å². The van der Waals surface area contributed by atoms with Crippen LogP contribution in [0.3, 0.4) is 0 Å². The largest absolute Gasteiger partial charge is 0.361 e. The van der Waals surface area contributed by atoms with E-state index in [-0.39, 0.29) is 67.7 Å². The highest BCUT2D eigenvalue weighted by Gasteiger charge is 2.49. The first-order valence-electron chi connectivity index (χ1n) is 44.1.